The van der Waals surface area contributed by atoms with Gasteiger partial charge < -0.3 is 24.7 Å². The fraction of sp³-hybridized carbons (Fsp3) is 0.435. The number of carbonyl (C=O) groups excluding carboxylic acids is 1. The molecule has 0 aliphatic carbocycles. The van der Waals surface area contributed by atoms with Gasteiger partial charge in [0.2, 0.25) is 0 Å². The van der Waals surface area contributed by atoms with Crippen molar-refractivity contribution in [1.29, 1.82) is 0 Å². The summed E-state index contributed by atoms with van der Waals surface area (Å²) < 4.78 is 20.4. The van der Waals surface area contributed by atoms with E-state index in [1.165, 1.54) is 11.0 Å². The summed E-state index contributed by atoms with van der Waals surface area (Å²) in [6.45, 7) is 2.20. The van der Waals surface area contributed by atoms with Crippen molar-refractivity contribution in [2.45, 2.75) is 31.0 Å². The molecule has 2 aromatic carbocycles. The number of rotatable bonds is 5. The van der Waals surface area contributed by atoms with Crippen LogP contribution in [0.2, 0.25) is 0 Å². The number of piperidine rings is 1. The van der Waals surface area contributed by atoms with Crippen molar-refractivity contribution >= 4 is 11.6 Å². The molecule has 2 aliphatic heterocycles. The van der Waals surface area contributed by atoms with Crippen molar-refractivity contribution < 1.29 is 24.1 Å². The smallest absolute Gasteiger partial charge is 0.258 e. The Morgan fingerprint density at radius 1 is 1.10 bits per heavy atom. The second-order valence-corrected chi connectivity index (χ2v) is 8.07. The topological polar surface area (TPSA) is 73.2 Å². The summed E-state index contributed by atoms with van der Waals surface area (Å²) in [5.41, 5.74) is 0.545. The fourth-order valence-electron chi connectivity index (χ4n) is 4.38. The van der Waals surface area contributed by atoms with E-state index in [1.54, 1.807) is 24.3 Å². The monoisotopic (exact) mass is 414 g/mol. The van der Waals surface area contributed by atoms with E-state index in [9.17, 15) is 19.4 Å². The molecule has 0 aromatic heterocycles. The number of benzene rings is 2. The van der Waals surface area contributed by atoms with Gasteiger partial charge in [0.15, 0.2) is 6.10 Å². The highest BCUT2D eigenvalue weighted by molar-refractivity contribution is 5.97. The van der Waals surface area contributed by atoms with E-state index in [4.69, 9.17) is 4.74 Å². The number of anilines is 1. The first-order valence-electron chi connectivity index (χ1n) is 10.4. The zero-order valence-corrected chi connectivity index (χ0v) is 16.8. The number of nitrogens with zero attached hydrogens (tertiary/aromatic N) is 2. The van der Waals surface area contributed by atoms with Crippen LogP contribution in [0.1, 0.15) is 18.4 Å². The number of carbonyl (C=O) groups is 1. The maximum Gasteiger partial charge on any atom is 0.258 e. The van der Waals surface area contributed by atoms with Crippen LogP contribution in [0.3, 0.4) is 0 Å². The average Bonchev–Trinajstić information content (AvgIpc) is 2.76. The summed E-state index contributed by atoms with van der Waals surface area (Å²) in [7, 11) is 0. The number of para-hydroxylation sites is 2. The van der Waals surface area contributed by atoms with Crippen LogP contribution in [0.5, 0.6) is 5.75 Å². The number of ether oxygens (including phenoxy) is 1. The lowest BCUT2D eigenvalue weighted by atomic mass is 9.88. The number of phenolic OH excluding ortho intramolecular Hbond substituents is 1. The number of aromatic hydroxyl groups is 1. The predicted octanol–water partition coefficient (Wildman–Crippen LogP) is 2.33. The van der Waals surface area contributed by atoms with Crippen molar-refractivity contribution in [3.05, 3.63) is 59.9 Å². The minimum Gasteiger partial charge on any atom is -0.508 e. The van der Waals surface area contributed by atoms with Crippen molar-refractivity contribution in [2.75, 3.05) is 37.7 Å². The molecule has 160 valence electrons. The Kier molecular flexibility index (Phi) is 6.04. The Labute approximate surface area is 175 Å². The minimum atomic E-state index is -0.980. The molecule has 1 amide bonds. The molecule has 2 aliphatic rings. The Morgan fingerprint density at radius 3 is 2.50 bits per heavy atom. The molecule has 4 rings (SSSR count). The summed E-state index contributed by atoms with van der Waals surface area (Å²) >= 11 is 0. The van der Waals surface area contributed by atoms with Gasteiger partial charge in [-0.05, 0) is 43.0 Å². The summed E-state index contributed by atoms with van der Waals surface area (Å²) in [5, 5.41) is 19.6. The van der Waals surface area contributed by atoms with E-state index in [2.05, 4.69) is 4.90 Å². The van der Waals surface area contributed by atoms with Crippen LogP contribution in [0, 0.1) is 5.82 Å². The SMILES string of the molecule is O=C1C(CO)OC2(CCN(CCc3ccccc3O)CC2)CN1c1ccccc1F. The Bertz CT molecular complexity index is 898. The summed E-state index contributed by atoms with van der Waals surface area (Å²) in [5.74, 6) is -0.554. The average molecular weight is 414 g/mol. The molecule has 2 heterocycles. The Morgan fingerprint density at radius 2 is 1.80 bits per heavy atom. The molecule has 1 atom stereocenters. The van der Waals surface area contributed by atoms with E-state index in [1.807, 2.05) is 18.2 Å². The van der Waals surface area contributed by atoms with E-state index >= 15 is 0 Å². The summed E-state index contributed by atoms with van der Waals surface area (Å²) in [6, 6.07) is 13.6. The third-order valence-corrected chi connectivity index (χ3v) is 6.15. The molecular formula is C23H27FN2O4. The first-order valence-corrected chi connectivity index (χ1v) is 10.4. The molecular weight excluding hydrogens is 387 g/mol. The maximum absolute atomic E-state index is 14.4. The first kappa shape index (κ1) is 20.8. The highest BCUT2D eigenvalue weighted by Crippen LogP contribution is 2.36. The standard InChI is InChI=1S/C23H27FN2O4/c24-18-6-2-3-7-19(18)26-16-23(30-21(15-27)22(26)29)10-13-25(14-11-23)12-9-17-5-1-4-8-20(17)28/h1-8,21,27-28H,9-16H2. The second kappa shape index (κ2) is 8.71. The number of hydrogen-bond acceptors (Lipinski definition) is 5. The molecule has 6 nitrogen and oxygen atoms in total. The van der Waals surface area contributed by atoms with Crippen LogP contribution in [0.15, 0.2) is 48.5 Å². The molecule has 2 N–H and O–H groups in total. The second-order valence-electron chi connectivity index (χ2n) is 8.07. The largest absolute Gasteiger partial charge is 0.508 e. The van der Waals surface area contributed by atoms with E-state index in [0.29, 0.717) is 18.6 Å². The lowest BCUT2D eigenvalue weighted by Crippen LogP contribution is -2.63. The molecule has 2 saturated heterocycles. The number of likely N-dealkylation sites (tertiary alicyclic amines) is 1. The quantitative estimate of drug-likeness (QED) is 0.786. The first-order chi connectivity index (χ1) is 14.5. The molecule has 2 aromatic rings. The van der Waals surface area contributed by atoms with E-state index in [-0.39, 0.29) is 12.2 Å². The molecule has 0 saturated carbocycles. The third kappa shape index (κ3) is 4.19. The number of aliphatic hydroxyl groups is 1. The molecule has 2 fully saturated rings. The van der Waals surface area contributed by atoms with Gasteiger partial charge in [-0.2, -0.15) is 0 Å². The Balaban J connectivity index is 1.43. The number of aliphatic hydroxyl groups excluding tert-OH is 1. The molecule has 0 radical (unpaired) electrons. The van der Waals surface area contributed by atoms with Gasteiger partial charge in [-0.15, -0.1) is 0 Å². The zero-order valence-electron chi connectivity index (χ0n) is 16.8. The Hall–Kier alpha value is -2.48. The van der Waals surface area contributed by atoms with Gasteiger partial charge in [0, 0.05) is 19.6 Å². The van der Waals surface area contributed by atoms with Crippen LogP contribution >= 0.6 is 0 Å². The molecule has 30 heavy (non-hydrogen) atoms. The van der Waals surface area contributed by atoms with Crippen molar-refractivity contribution in [2.24, 2.45) is 0 Å². The van der Waals surface area contributed by atoms with Crippen molar-refractivity contribution in [3.63, 3.8) is 0 Å². The van der Waals surface area contributed by atoms with Crippen LogP contribution in [-0.4, -0.2) is 65.5 Å². The zero-order chi connectivity index (χ0) is 21.1. The van der Waals surface area contributed by atoms with E-state index < -0.39 is 30.0 Å². The van der Waals surface area contributed by atoms with Crippen LogP contribution in [-0.2, 0) is 16.0 Å². The van der Waals surface area contributed by atoms with Gasteiger partial charge in [-0.1, -0.05) is 30.3 Å². The van der Waals surface area contributed by atoms with Crippen LogP contribution in [0.25, 0.3) is 0 Å². The maximum atomic E-state index is 14.4. The van der Waals surface area contributed by atoms with Crippen LogP contribution in [0.4, 0.5) is 10.1 Å². The fourth-order valence-corrected chi connectivity index (χ4v) is 4.38. The molecule has 1 unspecified atom stereocenters. The van der Waals surface area contributed by atoms with Crippen molar-refractivity contribution in [3.8, 4) is 5.75 Å². The normalized spacial score (nSPS) is 21.9. The van der Waals surface area contributed by atoms with Gasteiger partial charge in [0.1, 0.15) is 11.6 Å². The minimum absolute atomic E-state index is 0.227. The summed E-state index contributed by atoms with van der Waals surface area (Å²) in [4.78, 5) is 16.5. The van der Waals surface area contributed by atoms with E-state index in [0.717, 1.165) is 31.6 Å². The highest BCUT2D eigenvalue weighted by atomic mass is 19.1. The number of amides is 1. The number of halogens is 1. The number of phenols is 1. The lowest BCUT2D eigenvalue weighted by Gasteiger charge is -2.49. The third-order valence-electron chi connectivity index (χ3n) is 6.15. The number of hydrogen-bond donors (Lipinski definition) is 2. The van der Waals surface area contributed by atoms with Gasteiger partial charge in [0.25, 0.3) is 5.91 Å². The lowest BCUT2D eigenvalue weighted by molar-refractivity contribution is -0.170. The van der Waals surface area contributed by atoms with Gasteiger partial charge in [-0.25, -0.2) is 4.39 Å². The number of morpholine rings is 1. The van der Waals surface area contributed by atoms with Crippen molar-refractivity contribution in [1.82, 2.24) is 4.90 Å². The molecule has 7 heteroatoms. The highest BCUT2D eigenvalue weighted by Gasteiger charge is 2.47. The predicted molar refractivity (Wildman–Crippen MR) is 111 cm³/mol. The summed E-state index contributed by atoms with van der Waals surface area (Å²) in [6.07, 6.45) is 1.14. The molecule has 1 spiro atoms. The van der Waals surface area contributed by atoms with Gasteiger partial charge in [-0.3, -0.25) is 4.79 Å². The van der Waals surface area contributed by atoms with Gasteiger partial charge in [0.05, 0.1) is 24.4 Å². The van der Waals surface area contributed by atoms with Crippen LogP contribution < -0.4 is 4.90 Å². The van der Waals surface area contributed by atoms with Gasteiger partial charge >= 0.3 is 0 Å². The molecule has 0 bridgehead atoms.